The second kappa shape index (κ2) is 32.5. The molecule has 2 aliphatic rings. The average Bonchev–Trinajstić information content (AvgIpc) is 1.53. The molecule has 0 fully saturated rings. The first-order valence-electron chi connectivity index (χ1n) is 32.5. The Labute approximate surface area is 661 Å². The Bertz CT molecular complexity index is 4450. The van der Waals surface area contributed by atoms with E-state index in [1.54, 1.807) is 28.4 Å². The van der Waals surface area contributed by atoms with Crippen LogP contribution in [0.25, 0.3) is 22.3 Å². The summed E-state index contributed by atoms with van der Waals surface area (Å²) in [5, 5.41) is -0.00257. The van der Waals surface area contributed by atoms with Gasteiger partial charge in [-0.2, -0.15) is 0 Å². The van der Waals surface area contributed by atoms with E-state index in [0.29, 0.717) is 36.0 Å². The van der Waals surface area contributed by atoms with Gasteiger partial charge in [0.05, 0.1) is 59.7 Å². The summed E-state index contributed by atoms with van der Waals surface area (Å²) in [5.41, 5.74) is 12.9. The molecule has 0 N–H and O–H groups in total. The van der Waals surface area contributed by atoms with Crippen LogP contribution in [-0.2, 0) is 20.7 Å². The highest BCUT2D eigenvalue weighted by Crippen LogP contribution is 2.56. The highest BCUT2D eigenvalue weighted by atomic mass is 79.9. The molecule has 20 heteroatoms. The minimum absolute atomic E-state index is 0.0132. The molecule has 0 unspecified atom stereocenters. The summed E-state index contributed by atoms with van der Waals surface area (Å²) in [6.45, 7) is 0. The maximum absolute atomic E-state index is 14.2. The zero-order valence-corrected chi connectivity index (χ0v) is 68.2. The molecule has 0 aromatic heterocycles. The predicted molar refractivity (Wildman–Crippen MR) is 441 cm³/mol. The molecule has 0 spiro atoms. The van der Waals surface area contributed by atoms with Crippen LogP contribution in [0.5, 0.6) is 23.0 Å². The number of hydrogen-bond donors (Lipinski definition) is 0. The largest absolute Gasteiger partial charge is 0.497 e. The van der Waals surface area contributed by atoms with Crippen LogP contribution in [0.15, 0.2) is 236 Å². The van der Waals surface area contributed by atoms with Crippen molar-refractivity contribution in [2.24, 2.45) is 0 Å². The summed E-state index contributed by atoms with van der Waals surface area (Å²) >= 11 is 42.2. The lowest BCUT2D eigenvalue weighted by atomic mass is 9.83. The van der Waals surface area contributed by atoms with Crippen LogP contribution in [0, 0.1) is 0 Å². The van der Waals surface area contributed by atoms with E-state index in [1.807, 2.05) is 224 Å². The van der Waals surface area contributed by atoms with E-state index in [0.717, 1.165) is 106 Å². The van der Waals surface area contributed by atoms with Crippen LogP contribution in [0.4, 0.5) is 22.7 Å². The second-order valence-corrected chi connectivity index (χ2v) is 30.0. The molecule has 10 aromatic rings. The van der Waals surface area contributed by atoms with Gasteiger partial charge in [-0.05, 0) is 252 Å². The van der Waals surface area contributed by atoms with Crippen molar-refractivity contribution in [3.8, 4) is 23.0 Å². The number of esters is 2. The number of nitrogens with zero attached hydrogens (tertiary/aromatic N) is 4. The molecule has 0 saturated heterocycles. The lowest BCUT2D eigenvalue weighted by Gasteiger charge is -2.28. The Morgan fingerprint density at radius 3 is 0.779 bits per heavy atom. The van der Waals surface area contributed by atoms with Crippen molar-refractivity contribution in [3.63, 3.8) is 0 Å². The normalized spacial score (nSPS) is 15.6. The van der Waals surface area contributed by atoms with Gasteiger partial charge >= 0.3 is 11.9 Å². The first-order valence-corrected chi connectivity index (χ1v) is 37.2. The predicted octanol–water partition coefficient (Wildman–Crippen LogP) is 22.6. The first-order chi connectivity index (χ1) is 49.7. The van der Waals surface area contributed by atoms with Gasteiger partial charge in [0.2, 0.25) is 0 Å². The second-order valence-electron chi connectivity index (χ2n) is 25.3. The van der Waals surface area contributed by atoms with E-state index in [4.69, 9.17) is 74.8 Å². The van der Waals surface area contributed by atoms with Gasteiger partial charge in [0.25, 0.3) is 0 Å². The van der Waals surface area contributed by atoms with Crippen LogP contribution in [0.2, 0.25) is 20.1 Å². The summed E-state index contributed by atoms with van der Waals surface area (Å²) < 4.78 is 37.9. The number of cyclic esters (lactones) is 2. The van der Waals surface area contributed by atoms with Crippen molar-refractivity contribution < 1.29 is 38.0 Å². The maximum Gasteiger partial charge on any atom is 0.341 e. The van der Waals surface area contributed by atoms with Gasteiger partial charge in [0.1, 0.15) is 23.0 Å². The van der Waals surface area contributed by atoms with Gasteiger partial charge in [0.15, 0.2) is 11.2 Å². The van der Waals surface area contributed by atoms with E-state index < -0.39 is 23.1 Å². The Balaban J connectivity index is 0.000000208. The van der Waals surface area contributed by atoms with Crippen LogP contribution in [0.1, 0.15) is 76.4 Å². The van der Waals surface area contributed by atoms with Gasteiger partial charge in [-0.3, -0.25) is 0 Å². The smallest absolute Gasteiger partial charge is 0.341 e. The number of ether oxygens (including phenoxy) is 6. The molecular formula is C84H72Br4Cl4N4O8. The van der Waals surface area contributed by atoms with Crippen molar-refractivity contribution in [2.75, 3.05) is 104 Å². The Kier molecular flexibility index (Phi) is 24.0. The summed E-state index contributed by atoms with van der Waals surface area (Å²) in [6.07, 6.45) is 7.90. The summed E-state index contributed by atoms with van der Waals surface area (Å²) in [5.74, 6) is 1.71. The molecular weight excluding hydrogens is 1650 g/mol. The Morgan fingerprint density at radius 1 is 0.308 bits per heavy atom. The number of rotatable bonds is 20. The van der Waals surface area contributed by atoms with Gasteiger partial charge in [-0.1, -0.05) is 143 Å². The molecule has 0 bridgehead atoms. The molecule has 10 aromatic carbocycles. The Morgan fingerprint density at radius 2 is 0.529 bits per heavy atom. The third-order valence-electron chi connectivity index (χ3n) is 18.1. The van der Waals surface area contributed by atoms with Crippen molar-refractivity contribution in [1.82, 2.24) is 0 Å². The number of fused-ring (bicyclic) bond motifs is 2. The summed E-state index contributed by atoms with van der Waals surface area (Å²) in [6, 6.07) is 64.0. The van der Waals surface area contributed by atoms with Crippen LogP contribution in [-0.4, -0.2) is 96.8 Å². The van der Waals surface area contributed by atoms with Crippen molar-refractivity contribution in [2.45, 2.75) is 11.2 Å². The standard InChI is InChI=1S/C42H36Br4N2O4.C42H36Cl4N2O4/c2*1-47(2)29-15-7-25(8-16-29)33(27-11-19-31(50-5)20-12-27)23-42(36-35(41(49)52-42)37(43)39(45)40(46)38(36)44)24-34(28-13-21-32(51-6)22-14-28)26-9-17-30(18-10-26)48(3)4/h2*7-24H,1-6H3. The van der Waals surface area contributed by atoms with E-state index >= 15 is 0 Å². The molecule has 2 heterocycles. The Hall–Kier alpha value is -8.42. The quantitative estimate of drug-likeness (QED) is 0.0412. The fourth-order valence-electron chi connectivity index (χ4n) is 12.4. The van der Waals surface area contributed by atoms with E-state index in [9.17, 15) is 9.59 Å². The van der Waals surface area contributed by atoms with Gasteiger partial charge in [0, 0.05) is 108 Å². The zero-order valence-electron chi connectivity index (χ0n) is 58.9. The van der Waals surface area contributed by atoms with Crippen molar-refractivity contribution >= 4 is 167 Å². The number of carbonyl (C=O) groups excluding carboxylic acids is 2. The fraction of sp³-hybridized carbons (Fsp3) is 0.167. The summed E-state index contributed by atoms with van der Waals surface area (Å²) in [7, 11) is 22.5. The highest BCUT2D eigenvalue weighted by Gasteiger charge is 2.50. The molecule has 0 amide bonds. The molecule has 0 atom stereocenters. The van der Waals surface area contributed by atoms with Crippen molar-refractivity contribution in [1.29, 1.82) is 0 Å². The minimum Gasteiger partial charge on any atom is -0.497 e. The van der Waals surface area contributed by atoms with E-state index in [2.05, 4.69) is 134 Å². The number of halogens is 8. The summed E-state index contributed by atoms with van der Waals surface area (Å²) in [4.78, 5) is 36.5. The van der Waals surface area contributed by atoms with Gasteiger partial charge < -0.3 is 48.0 Å². The van der Waals surface area contributed by atoms with Crippen LogP contribution >= 0.6 is 110 Å². The minimum atomic E-state index is -1.63. The molecule has 104 heavy (non-hydrogen) atoms. The van der Waals surface area contributed by atoms with Crippen LogP contribution < -0.4 is 38.5 Å². The zero-order chi connectivity index (χ0) is 74.6. The van der Waals surface area contributed by atoms with E-state index in [1.165, 1.54) is 0 Å². The number of carbonyl (C=O) groups is 2. The number of benzene rings is 10. The van der Waals surface area contributed by atoms with Gasteiger partial charge in [-0.15, -0.1) is 0 Å². The molecule has 0 saturated carbocycles. The fourth-order valence-corrected chi connectivity index (χ4v) is 16.1. The van der Waals surface area contributed by atoms with Crippen molar-refractivity contribution in [3.05, 3.63) is 323 Å². The van der Waals surface area contributed by atoms with E-state index in [-0.39, 0.29) is 31.2 Å². The molecule has 0 aliphatic carbocycles. The molecule has 12 rings (SSSR count). The van der Waals surface area contributed by atoms with Gasteiger partial charge in [-0.25, -0.2) is 9.59 Å². The highest BCUT2D eigenvalue weighted by molar-refractivity contribution is 9.15. The topological polar surface area (TPSA) is 102 Å². The number of methoxy groups -OCH3 is 4. The monoisotopic (exact) mass is 1720 g/mol. The van der Waals surface area contributed by atoms with Crippen LogP contribution in [0.3, 0.4) is 0 Å². The molecule has 2 aliphatic heterocycles. The SMILES string of the molecule is COc1ccc(C(=CC2(C=C(c3ccc(OC)cc3)c3ccc(N(C)C)cc3)OC(=O)c3c(Br)c(Br)c(Br)c(Br)c32)c2ccc(N(C)C)cc2)cc1.COc1ccc(C(=CC2(C=C(c3ccc(OC)cc3)c3ccc(N(C)C)cc3)OC(=O)c3c(Cl)c(Cl)c(Cl)c(Cl)c32)c2ccc(N(C)C)cc2)cc1. The third-order valence-corrected chi connectivity index (χ3v) is 24.6. The average molecular weight is 1730 g/mol. The molecule has 0 radical (unpaired) electrons. The maximum atomic E-state index is 14.2. The third kappa shape index (κ3) is 15.8. The lowest BCUT2D eigenvalue weighted by molar-refractivity contribution is 0.0289. The number of anilines is 4. The molecule has 12 nitrogen and oxygen atoms in total. The molecule has 532 valence electrons. The lowest BCUT2D eigenvalue weighted by Crippen LogP contribution is -2.23. The first kappa shape index (κ1) is 76.7. The number of hydrogen-bond acceptors (Lipinski definition) is 12.